The molecule has 3 heterocycles. The van der Waals surface area contributed by atoms with Gasteiger partial charge in [-0.25, -0.2) is 4.98 Å². The van der Waals surface area contributed by atoms with E-state index in [2.05, 4.69) is 20.3 Å². The van der Waals surface area contributed by atoms with Gasteiger partial charge < -0.3 is 26.0 Å². The standard InChI is InChI=1S/C14H20F2N6O3/c1-13(2,3)21-9-7-10(20-12(17)19-9)22(5-18-7)11-14(15,16)8(24)6(4-23)25-11/h5-6,8,11,23-24H,4H2,1-3H3,(H3,17,19,20,21)/t6-,8+,11-/m1/s1. The Hall–Kier alpha value is -2.11. The molecule has 0 saturated carbocycles. The zero-order valence-corrected chi connectivity index (χ0v) is 13.9. The van der Waals surface area contributed by atoms with Crippen molar-refractivity contribution in [1.29, 1.82) is 0 Å². The maximum Gasteiger partial charge on any atom is 0.320 e. The number of aliphatic hydroxyl groups excluding tert-OH is 2. The molecule has 0 aliphatic carbocycles. The molecule has 1 aliphatic rings. The van der Waals surface area contributed by atoms with Gasteiger partial charge in [0, 0.05) is 5.54 Å². The first kappa shape index (κ1) is 17.7. The van der Waals surface area contributed by atoms with Crippen LogP contribution in [0.2, 0.25) is 0 Å². The number of hydrogen-bond acceptors (Lipinski definition) is 8. The number of nitrogens with zero attached hydrogens (tertiary/aromatic N) is 4. The summed E-state index contributed by atoms with van der Waals surface area (Å²) in [5.41, 5.74) is 5.60. The summed E-state index contributed by atoms with van der Waals surface area (Å²) < 4.78 is 34.9. The average Bonchev–Trinajstić information content (AvgIpc) is 2.98. The zero-order chi connectivity index (χ0) is 18.6. The largest absolute Gasteiger partial charge is 0.394 e. The molecule has 0 unspecified atom stereocenters. The van der Waals surface area contributed by atoms with Crippen molar-refractivity contribution >= 4 is 22.9 Å². The van der Waals surface area contributed by atoms with Crippen LogP contribution in [0.25, 0.3) is 11.2 Å². The second kappa shape index (κ2) is 5.71. The number of rotatable bonds is 3. The molecule has 2 aromatic heterocycles. The molecule has 0 radical (unpaired) electrons. The highest BCUT2D eigenvalue weighted by molar-refractivity contribution is 5.84. The van der Waals surface area contributed by atoms with Crippen molar-refractivity contribution in [3.8, 4) is 0 Å². The maximum absolute atomic E-state index is 14.4. The number of alkyl halides is 2. The molecule has 2 aromatic rings. The SMILES string of the molecule is CC(C)(C)Nc1nc(N)nc2c1ncn2[C@@H]1O[C@H](CO)[C@H](O)C1(F)F. The first-order chi connectivity index (χ1) is 11.5. The first-order valence-electron chi connectivity index (χ1n) is 7.65. The van der Waals surface area contributed by atoms with E-state index in [0.717, 1.165) is 10.9 Å². The highest BCUT2D eigenvalue weighted by Crippen LogP contribution is 2.43. The summed E-state index contributed by atoms with van der Waals surface area (Å²) in [6.07, 6.45) is -4.31. The van der Waals surface area contributed by atoms with Gasteiger partial charge >= 0.3 is 5.92 Å². The number of nitrogens with two attached hydrogens (primary N) is 1. The number of imidazole rings is 1. The van der Waals surface area contributed by atoms with Crippen LogP contribution in [-0.4, -0.2) is 60.0 Å². The second-order valence-electron chi connectivity index (χ2n) is 6.96. The van der Waals surface area contributed by atoms with Gasteiger partial charge in [-0.1, -0.05) is 0 Å². The molecule has 3 rings (SSSR count). The van der Waals surface area contributed by atoms with Crippen LogP contribution < -0.4 is 11.1 Å². The molecule has 3 atom stereocenters. The van der Waals surface area contributed by atoms with Gasteiger partial charge in [0.15, 0.2) is 23.1 Å². The lowest BCUT2D eigenvalue weighted by Gasteiger charge is -2.22. The summed E-state index contributed by atoms with van der Waals surface area (Å²) >= 11 is 0. The molecule has 11 heteroatoms. The van der Waals surface area contributed by atoms with E-state index in [1.165, 1.54) is 0 Å². The van der Waals surface area contributed by atoms with Crippen molar-refractivity contribution in [2.24, 2.45) is 0 Å². The Bertz CT molecular complexity index is 791. The minimum absolute atomic E-state index is 0.0368. The van der Waals surface area contributed by atoms with E-state index in [0.29, 0.717) is 5.82 Å². The normalized spacial score (nSPS) is 26.3. The molecule has 0 amide bonds. The van der Waals surface area contributed by atoms with E-state index in [9.17, 15) is 13.9 Å². The number of ether oxygens (including phenoxy) is 1. The van der Waals surface area contributed by atoms with Gasteiger partial charge in [-0.2, -0.15) is 18.7 Å². The van der Waals surface area contributed by atoms with Gasteiger partial charge in [0.25, 0.3) is 0 Å². The summed E-state index contributed by atoms with van der Waals surface area (Å²) in [5.74, 6) is -3.46. The third-order valence-corrected chi connectivity index (χ3v) is 3.74. The van der Waals surface area contributed by atoms with E-state index in [1.54, 1.807) is 0 Å². The van der Waals surface area contributed by atoms with Crippen molar-refractivity contribution in [1.82, 2.24) is 19.5 Å². The zero-order valence-electron chi connectivity index (χ0n) is 13.9. The number of aliphatic hydroxyl groups is 2. The summed E-state index contributed by atoms with van der Waals surface area (Å²) in [4.78, 5) is 12.1. The van der Waals surface area contributed by atoms with Gasteiger partial charge in [-0.3, -0.25) is 4.57 Å². The second-order valence-corrected chi connectivity index (χ2v) is 6.96. The molecule has 0 aromatic carbocycles. The molecule has 1 fully saturated rings. The Kier molecular flexibility index (Phi) is 4.05. The fourth-order valence-corrected chi connectivity index (χ4v) is 2.67. The predicted molar refractivity (Wildman–Crippen MR) is 85.1 cm³/mol. The van der Waals surface area contributed by atoms with Crippen LogP contribution in [0, 0.1) is 0 Å². The summed E-state index contributed by atoms with van der Waals surface area (Å²) in [6, 6.07) is 0. The molecule has 9 nitrogen and oxygen atoms in total. The lowest BCUT2D eigenvalue weighted by molar-refractivity contribution is -0.138. The number of anilines is 2. The fourth-order valence-electron chi connectivity index (χ4n) is 2.67. The van der Waals surface area contributed by atoms with Crippen LogP contribution in [0.1, 0.15) is 27.0 Å². The topological polar surface area (TPSA) is 131 Å². The Balaban J connectivity index is 2.10. The smallest absolute Gasteiger partial charge is 0.320 e. The molecule has 1 aliphatic heterocycles. The maximum atomic E-state index is 14.4. The monoisotopic (exact) mass is 358 g/mol. The van der Waals surface area contributed by atoms with Crippen LogP contribution in [0.15, 0.2) is 6.33 Å². The van der Waals surface area contributed by atoms with Gasteiger partial charge in [0.1, 0.15) is 6.10 Å². The number of halogens is 2. The Morgan fingerprint density at radius 1 is 1.40 bits per heavy atom. The van der Waals surface area contributed by atoms with Crippen molar-refractivity contribution in [3.05, 3.63) is 6.33 Å². The minimum atomic E-state index is -3.64. The molecule has 5 N–H and O–H groups in total. The number of nitrogens with one attached hydrogen (secondary N) is 1. The first-order valence-corrected chi connectivity index (χ1v) is 7.65. The molecule has 0 spiro atoms. The molecular weight excluding hydrogens is 338 g/mol. The van der Waals surface area contributed by atoms with E-state index in [4.69, 9.17) is 15.6 Å². The fraction of sp³-hybridized carbons (Fsp3) is 0.643. The van der Waals surface area contributed by atoms with Crippen molar-refractivity contribution in [2.75, 3.05) is 17.7 Å². The van der Waals surface area contributed by atoms with E-state index in [1.807, 2.05) is 20.8 Å². The van der Waals surface area contributed by atoms with Gasteiger partial charge in [-0.15, -0.1) is 0 Å². The third kappa shape index (κ3) is 2.98. The molecule has 1 saturated heterocycles. The highest BCUT2D eigenvalue weighted by atomic mass is 19.3. The van der Waals surface area contributed by atoms with Crippen molar-refractivity contribution in [2.45, 2.75) is 50.7 Å². The van der Waals surface area contributed by atoms with E-state index < -0.39 is 31.0 Å². The minimum Gasteiger partial charge on any atom is -0.394 e. The van der Waals surface area contributed by atoms with Crippen LogP contribution in [0.4, 0.5) is 20.5 Å². The molecular formula is C14H20F2N6O3. The average molecular weight is 358 g/mol. The summed E-state index contributed by atoms with van der Waals surface area (Å²) in [5, 5.41) is 21.9. The highest BCUT2D eigenvalue weighted by Gasteiger charge is 2.59. The van der Waals surface area contributed by atoms with Crippen LogP contribution in [-0.2, 0) is 4.74 Å². The Morgan fingerprint density at radius 2 is 2.08 bits per heavy atom. The van der Waals surface area contributed by atoms with Gasteiger partial charge in [-0.05, 0) is 20.8 Å². The lowest BCUT2D eigenvalue weighted by atomic mass is 10.1. The van der Waals surface area contributed by atoms with Crippen LogP contribution in [0.3, 0.4) is 0 Å². The van der Waals surface area contributed by atoms with E-state index in [-0.39, 0.29) is 22.7 Å². The number of nitrogen functional groups attached to an aromatic ring is 1. The number of aromatic nitrogens is 4. The Morgan fingerprint density at radius 3 is 2.64 bits per heavy atom. The molecule has 25 heavy (non-hydrogen) atoms. The summed E-state index contributed by atoms with van der Waals surface area (Å²) in [7, 11) is 0. The van der Waals surface area contributed by atoms with Gasteiger partial charge in [0.05, 0.1) is 12.9 Å². The lowest BCUT2D eigenvalue weighted by Crippen LogP contribution is -2.39. The van der Waals surface area contributed by atoms with Crippen molar-refractivity contribution < 1.29 is 23.7 Å². The summed E-state index contributed by atoms with van der Waals surface area (Å²) in [6.45, 7) is 4.94. The molecule has 0 bridgehead atoms. The molecule has 138 valence electrons. The van der Waals surface area contributed by atoms with Gasteiger partial charge in [0.2, 0.25) is 12.2 Å². The van der Waals surface area contributed by atoms with E-state index >= 15 is 0 Å². The van der Waals surface area contributed by atoms with Crippen LogP contribution >= 0.6 is 0 Å². The quantitative estimate of drug-likeness (QED) is 0.624. The number of fused-ring (bicyclic) bond motifs is 1. The van der Waals surface area contributed by atoms with Crippen LogP contribution in [0.5, 0.6) is 0 Å². The number of hydrogen-bond donors (Lipinski definition) is 4. The third-order valence-electron chi connectivity index (χ3n) is 3.74. The Labute approximate surface area is 141 Å². The predicted octanol–water partition coefficient (Wildman–Crippen LogP) is 0.505. The van der Waals surface area contributed by atoms with Crippen molar-refractivity contribution in [3.63, 3.8) is 0 Å².